The smallest absolute Gasteiger partial charge is 0.253 e. The van der Waals surface area contributed by atoms with Crippen molar-refractivity contribution >= 4 is 16.9 Å². The first-order chi connectivity index (χ1) is 15.2. The first-order valence-electron chi connectivity index (χ1n) is 10.0. The van der Waals surface area contributed by atoms with Gasteiger partial charge in [-0.3, -0.25) is 0 Å². The molecule has 5 rings (SSSR count). The normalized spacial score (nSPS) is 18.0. The van der Waals surface area contributed by atoms with Crippen molar-refractivity contribution in [3.8, 4) is 17.5 Å². The SMILES string of the molecule is COc1ccnc(Oc2nn(C3CC(OCc4ccccc4)C3)c3ncnc(N)c23)c1. The highest BCUT2D eigenvalue weighted by molar-refractivity contribution is 5.90. The largest absolute Gasteiger partial charge is 0.497 e. The van der Waals surface area contributed by atoms with E-state index in [9.17, 15) is 0 Å². The third-order valence-corrected chi connectivity index (χ3v) is 5.37. The van der Waals surface area contributed by atoms with Gasteiger partial charge in [-0.1, -0.05) is 30.3 Å². The van der Waals surface area contributed by atoms with Gasteiger partial charge in [-0.05, 0) is 24.5 Å². The third kappa shape index (κ3) is 3.87. The van der Waals surface area contributed by atoms with Crippen molar-refractivity contribution < 1.29 is 14.2 Å². The van der Waals surface area contributed by atoms with E-state index in [2.05, 4.69) is 32.2 Å². The fraction of sp³-hybridized carbons (Fsp3) is 0.273. The van der Waals surface area contributed by atoms with Crippen molar-refractivity contribution in [2.75, 3.05) is 12.8 Å². The summed E-state index contributed by atoms with van der Waals surface area (Å²) in [7, 11) is 1.59. The number of nitrogen functional groups attached to an aromatic ring is 1. The molecule has 9 nitrogen and oxygen atoms in total. The van der Waals surface area contributed by atoms with Gasteiger partial charge >= 0.3 is 0 Å². The van der Waals surface area contributed by atoms with Crippen LogP contribution in [0.5, 0.6) is 17.5 Å². The predicted molar refractivity (Wildman–Crippen MR) is 114 cm³/mol. The average Bonchev–Trinajstić information content (AvgIpc) is 3.12. The quantitative estimate of drug-likeness (QED) is 0.485. The number of rotatable bonds is 7. The number of methoxy groups -OCH3 is 1. The minimum absolute atomic E-state index is 0.146. The zero-order valence-corrected chi connectivity index (χ0v) is 17.0. The molecule has 3 heterocycles. The number of nitrogens with two attached hydrogens (primary N) is 1. The standard InChI is InChI=1S/C22H22N6O3/c1-29-16-7-8-24-18(11-16)31-22-19-20(23)25-13-26-21(19)28(27-22)15-9-17(10-15)30-12-14-5-3-2-4-6-14/h2-8,11,13,15,17H,9-10,12H2,1H3,(H2,23,25,26). The Bertz CT molecular complexity index is 1190. The monoisotopic (exact) mass is 418 g/mol. The van der Waals surface area contributed by atoms with E-state index in [-0.39, 0.29) is 12.1 Å². The molecule has 0 unspecified atom stereocenters. The van der Waals surface area contributed by atoms with Crippen LogP contribution in [0, 0.1) is 0 Å². The summed E-state index contributed by atoms with van der Waals surface area (Å²) in [6.07, 6.45) is 4.89. The maximum absolute atomic E-state index is 6.12. The number of fused-ring (bicyclic) bond motifs is 1. The maximum Gasteiger partial charge on any atom is 0.253 e. The Morgan fingerprint density at radius 2 is 1.94 bits per heavy atom. The van der Waals surface area contributed by atoms with Crippen LogP contribution in [0.25, 0.3) is 11.0 Å². The van der Waals surface area contributed by atoms with Crippen LogP contribution < -0.4 is 15.2 Å². The molecule has 9 heteroatoms. The van der Waals surface area contributed by atoms with E-state index in [0.29, 0.717) is 41.0 Å². The van der Waals surface area contributed by atoms with Crippen molar-refractivity contribution in [2.24, 2.45) is 0 Å². The van der Waals surface area contributed by atoms with Crippen molar-refractivity contribution in [2.45, 2.75) is 31.6 Å². The number of anilines is 1. The van der Waals surface area contributed by atoms with Crippen LogP contribution in [0.4, 0.5) is 5.82 Å². The second kappa shape index (κ2) is 8.19. The summed E-state index contributed by atoms with van der Waals surface area (Å²) >= 11 is 0. The van der Waals surface area contributed by atoms with Gasteiger partial charge in [0.1, 0.15) is 23.3 Å². The minimum atomic E-state index is 0.146. The molecule has 0 saturated heterocycles. The molecule has 0 spiro atoms. The van der Waals surface area contributed by atoms with Gasteiger partial charge in [0, 0.05) is 12.3 Å². The van der Waals surface area contributed by atoms with Crippen LogP contribution in [0.15, 0.2) is 55.0 Å². The first kappa shape index (κ1) is 19.3. The van der Waals surface area contributed by atoms with E-state index in [1.807, 2.05) is 22.9 Å². The highest BCUT2D eigenvalue weighted by Gasteiger charge is 2.34. The van der Waals surface area contributed by atoms with Gasteiger partial charge in [0.25, 0.3) is 5.88 Å². The molecule has 2 N–H and O–H groups in total. The van der Waals surface area contributed by atoms with Crippen LogP contribution in [-0.4, -0.2) is 37.9 Å². The van der Waals surface area contributed by atoms with Gasteiger partial charge in [-0.25, -0.2) is 19.6 Å². The van der Waals surface area contributed by atoms with Crippen molar-refractivity contribution in [3.63, 3.8) is 0 Å². The van der Waals surface area contributed by atoms with Gasteiger partial charge in [-0.2, -0.15) is 0 Å². The number of hydrogen-bond acceptors (Lipinski definition) is 8. The zero-order valence-electron chi connectivity index (χ0n) is 17.0. The third-order valence-electron chi connectivity index (χ3n) is 5.37. The van der Waals surface area contributed by atoms with Gasteiger partial charge in [0.05, 0.1) is 25.9 Å². The molecule has 1 aliphatic rings. The summed E-state index contributed by atoms with van der Waals surface area (Å²) in [5.41, 5.74) is 7.93. The molecule has 31 heavy (non-hydrogen) atoms. The Hall–Kier alpha value is -3.72. The molecule has 1 saturated carbocycles. The summed E-state index contributed by atoms with van der Waals surface area (Å²) in [6, 6.07) is 13.7. The lowest BCUT2D eigenvalue weighted by Gasteiger charge is -2.35. The summed E-state index contributed by atoms with van der Waals surface area (Å²) in [6.45, 7) is 0.600. The predicted octanol–water partition coefficient (Wildman–Crippen LogP) is 3.52. The van der Waals surface area contributed by atoms with Crippen molar-refractivity contribution in [3.05, 3.63) is 60.6 Å². The van der Waals surface area contributed by atoms with E-state index in [4.69, 9.17) is 19.9 Å². The van der Waals surface area contributed by atoms with E-state index in [1.165, 1.54) is 6.33 Å². The van der Waals surface area contributed by atoms with E-state index in [1.54, 1.807) is 25.4 Å². The Labute approximate surface area is 178 Å². The molecule has 1 aromatic carbocycles. The summed E-state index contributed by atoms with van der Waals surface area (Å²) in [5.74, 6) is 1.62. The molecule has 1 aliphatic carbocycles. The van der Waals surface area contributed by atoms with Crippen LogP contribution >= 0.6 is 0 Å². The maximum atomic E-state index is 6.12. The number of ether oxygens (including phenoxy) is 3. The Kier molecular flexibility index (Phi) is 5.09. The molecule has 0 aliphatic heterocycles. The van der Waals surface area contributed by atoms with Gasteiger partial charge in [0.2, 0.25) is 5.88 Å². The molecule has 0 atom stereocenters. The van der Waals surface area contributed by atoms with Gasteiger partial charge < -0.3 is 19.9 Å². The summed E-state index contributed by atoms with van der Waals surface area (Å²) in [4.78, 5) is 12.7. The van der Waals surface area contributed by atoms with Gasteiger partial charge in [0.15, 0.2) is 5.65 Å². The molecule has 3 aromatic heterocycles. The van der Waals surface area contributed by atoms with Gasteiger partial charge in [-0.15, -0.1) is 5.10 Å². The summed E-state index contributed by atoms with van der Waals surface area (Å²) < 4.78 is 19.0. The number of nitrogens with zero attached hydrogens (tertiary/aromatic N) is 5. The molecule has 158 valence electrons. The second-order valence-electron chi connectivity index (χ2n) is 7.39. The first-order valence-corrected chi connectivity index (χ1v) is 10.0. The van der Waals surface area contributed by atoms with E-state index < -0.39 is 0 Å². The van der Waals surface area contributed by atoms with Crippen molar-refractivity contribution in [1.82, 2.24) is 24.7 Å². The Morgan fingerprint density at radius 3 is 2.74 bits per heavy atom. The minimum Gasteiger partial charge on any atom is -0.497 e. The van der Waals surface area contributed by atoms with Crippen LogP contribution in [0.1, 0.15) is 24.4 Å². The molecular weight excluding hydrogens is 396 g/mol. The highest BCUT2D eigenvalue weighted by atomic mass is 16.5. The molecule has 1 fully saturated rings. The fourth-order valence-electron chi connectivity index (χ4n) is 3.62. The Balaban J connectivity index is 1.34. The number of benzene rings is 1. The summed E-state index contributed by atoms with van der Waals surface area (Å²) in [5, 5.41) is 5.22. The highest BCUT2D eigenvalue weighted by Crippen LogP contribution is 2.40. The van der Waals surface area contributed by atoms with E-state index >= 15 is 0 Å². The number of aromatic nitrogens is 5. The lowest BCUT2D eigenvalue weighted by atomic mass is 9.89. The second-order valence-corrected chi connectivity index (χ2v) is 7.39. The molecule has 0 bridgehead atoms. The number of hydrogen-bond donors (Lipinski definition) is 1. The Morgan fingerprint density at radius 1 is 1.10 bits per heavy atom. The fourth-order valence-corrected chi connectivity index (χ4v) is 3.62. The zero-order chi connectivity index (χ0) is 21.2. The molecule has 0 radical (unpaired) electrons. The van der Waals surface area contributed by atoms with E-state index in [0.717, 1.165) is 18.4 Å². The topological polar surface area (TPSA) is 110 Å². The molecule has 0 amide bonds. The number of pyridine rings is 1. The van der Waals surface area contributed by atoms with Crippen LogP contribution in [0.3, 0.4) is 0 Å². The lowest BCUT2D eigenvalue weighted by Crippen LogP contribution is -2.34. The lowest BCUT2D eigenvalue weighted by molar-refractivity contribution is -0.0376. The molecule has 4 aromatic rings. The van der Waals surface area contributed by atoms with Crippen molar-refractivity contribution in [1.29, 1.82) is 0 Å². The molecular formula is C22H22N6O3. The van der Waals surface area contributed by atoms with Crippen LogP contribution in [-0.2, 0) is 11.3 Å². The average molecular weight is 418 g/mol. The van der Waals surface area contributed by atoms with Crippen LogP contribution in [0.2, 0.25) is 0 Å².